The molecule has 2 aromatic carbocycles. The van der Waals surface area contributed by atoms with Gasteiger partial charge in [-0.1, -0.05) is 56.2 Å². The summed E-state index contributed by atoms with van der Waals surface area (Å²) in [6, 6.07) is 9.13. The van der Waals surface area contributed by atoms with Gasteiger partial charge in [-0.25, -0.2) is 13.2 Å². The molecule has 0 bridgehead atoms. The van der Waals surface area contributed by atoms with E-state index in [0.29, 0.717) is 28.5 Å². The fourth-order valence-corrected chi connectivity index (χ4v) is 5.94. The number of benzene rings is 2. The molecular formula is C30H37F3. The Morgan fingerprint density at radius 2 is 1.52 bits per heavy atom. The minimum absolute atomic E-state index is 0.135. The van der Waals surface area contributed by atoms with Crippen molar-refractivity contribution >= 4 is 6.08 Å². The number of hydrogen-bond donors (Lipinski definition) is 0. The van der Waals surface area contributed by atoms with Gasteiger partial charge in [0.2, 0.25) is 0 Å². The van der Waals surface area contributed by atoms with Crippen LogP contribution in [0.4, 0.5) is 13.2 Å². The zero-order chi connectivity index (χ0) is 23.4. The van der Waals surface area contributed by atoms with Crippen molar-refractivity contribution in [3.05, 3.63) is 76.1 Å². The maximum Gasteiger partial charge on any atom is 0.166 e. The van der Waals surface area contributed by atoms with E-state index >= 15 is 0 Å². The largest absolute Gasteiger partial charge is 0.207 e. The fourth-order valence-electron chi connectivity index (χ4n) is 5.94. The third-order valence-electron chi connectivity index (χ3n) is 8.11. The molecule has 3 heteroatoms. The molecule has 0 radical (unpaired) electrons. The van der Waals surface area contributed by atoms with Gasteiger partial charge < -0.3 is 0 Å². The maximum absolute atomic E-state index is 14.9. The molecular weight excluding hydrogens is 417 g/mol. The first-order valence-corrected chi connectivity index (χ1v) is 12.9. The maximum atomic E-state index is 14.9. The predicted molar refractivity (Wildman–Crippen MR) is 131 cm³/mol. The molecule has 2 fully saturated rings. The second-order valence-corrected chi connectivity index (χ2v) is 10.4. The predicted octanol–water partition coefficient (Wildman–Crippen LogP) is 9.47. The van der Waals surface area contributed by atoms with Crippen molar-refractivity contribution in [2.24, 2.45) is 11.8 Å². The molecule has 2 aliphatic rings. The second kappa shape index (κ2) is 10.9. The van der Waals surface area contributed by atoms with Crippen molar-refractivity contribution in [2.45, 2.75) is 89.9 Å². The van der Waals surface area contributed by atoms with Gasteiger partial charge in [0.25, 0.3) is 0 Å². The number of aryl methyl sites for hydroxylation is 1. The van der Waals surface area contributed by atoms with Crippen LogP contribution in [0.5, 0.6) is 0 Å². The molecule has 2 aromatic rings. The van der Waals surface area contributed by atoms with Gasteiger partial charge in [-0.05, 0) is 105 Å². The molecule has 0 amide bonds. The van der Waals surface area contributed by atoms with Gasteiger partial charge >= 0.3 is 0 Å². The quantitative estimate of drug-likeness (QED) is 0.408. The second-order valence-electron chi connectivity index (χ2n) is 10.4. The Morgan fingerprint density at radius 3 is 2.18 bits per heavy atom. The summed E-state index contributed by atoms with van der Waals surface area (Å²) in [7, 11) is 0. The Hall–Kier alpha value is -2.03. The fraction of sp³-hybridized carbons (Fsp3) is 0.533. The number of rotatable bonds is 6. The molecule has 0 atom stereocenters. The molecule has 178 valence electrons. The zero-order valence-corrected chi connectivity index (χ0v) is 20.1. The van der Waals surface area contributed by atoms with Crippen LogP contribution in [0.15, 0.2) is 36.4 Å². The molecule has 0 nitrogen and oxygen atoms in total. The van der Waals surface area contributed by atoms with E-state index in [0.717, 1.165) is 62.8 Å². The van der Waals surface area contributed by atoms with Crippen molar-refractivity contribution in [2.75, 3.05) is 0 Å². The minimum atomic E-state index is -0.705. The first kappa shape index (κ1) is 24.1. The van der Waals surface area contributed by atoms with Gasteiger partial charge in [0.1, 0.15) is 5.82 Å². The lowest BCUT2D eigenvalue weighted by molar-refractivity contribution is 0.303. The molecule has 4 rings (SSSR count). The molecule has 0 aliphatic heterocycles. The summed E-state index contributed by atoms with van der Waals surface area (Å²) in [6.45, 7) is 4.00. The summed E-state index contributed by atoms with van der Waals surface area (Å²) in [5, 5.41) is 0. The average molecular weight is 455 g/mol. The van der Waals surface area contributed by atoms with Crippen molar-refractivity contribution in [1.82, 2.24) is 0 Å². The van der Waals surface area contributed by atoms with E-state index in [9.17, 15) is 13.2 Å². The van der Waals surface area contributed by atoms with Crippen LogP contribution >= 0.6 is 0 Å². The SMILES string of the molecule is CCCC1CCC(c2ccc(/C=C/C3CCC(c4ccc(C)c(F)c4)CC3)c(F)c2F)CC1. The zero-order valence-electron chi connectivity index (χ0n) is 20.1. The van der Waals surface area contributed by atoms with Crippen LogP contribution in [0.3, 0.4) is 0 Å². The molecule has 0 aromatic heterocycles. The third-order valence-corrected chi connectivity index (χ3v) is 8.11. The van der Waals surface area contributed by atoms with Crippen molar-refractivity contribution < 1.29 is 13.2 Å². The molecule has 0 heterocycles. The summed E-state index contributed by atoms with van der Waals surface area (Å²) < 4.78 is 43.7. The van der Waals surface area contributed by atoms with Crippen LogP contribution in [-0.4, -0.2) is 0 Å². The molecule has 33 heavy (non-hydrogen) atoms. The van der Waals surface area contributed by atoms with Gasteiger partial charge in [0, 0.05) is 5.56 Å². The van der Waals surface area contributed by atoms with Crippen LogP contribution in [0.1, 0.15) is 105 Å². The lowest BCUT2D eigenvalue weighted by atomic mass is 9.77. The Kier molecular flexibility index (Phi) is 7.98. The van der Waals surface area contributed by atoms with Crippen LogP contribution in [0.2, 0.25) is 0 Å². The van der Waals surface area contributed by atoms with Crippen molar-refractivity contribution in [3.8, 4) is 0 Å². The number of halogens is 3. The highest BCUT2D eigenvalue weighted by Gasteiger charge is 2.26. The monoisotopic (exact) mass is 454 g/mol. The molecule has 0 saturated heterocycles. The van der Waals surface area contributed by atoms with Crippen LogP contribution in [-0.2, 0) is 0 Å². The smallest absolute Gasteiger partial charge is 0.166 e. The molecule has 2 saturated carbocycles. The van der Waals surface area contributed by atoms with Gasteiger partial charge in [-0.15, -0.1) is 0 Å². The van der Waals surface area contributed by atoms with Crippen LogP contribution < -0.4 is 0 Å². The van der Waals surface area contributed by atoms with Crippen LogP contribution in [0, 0.1) is 36.2 Å². The Morgan fingerprint density at radius 1 is 0.818 bits per heavy atom. The molecule has 0 N–H and O–H groups in total. The number of allylic oxidation sites excluding steroid dienone is 1. The summed E-state index contributed by atoms with van der Waals surface area (Å²) in [6.07, 6.45) is 14.4. The topological polar surface area (TPSA) is 0 Å². The van der Waals surface area contributed by atoms with Gasteiger partial charge in [-0.2, -0.15) is 0 Å². The Bertz CT molecular complexity index is 961. The molecule has 0 spiro atoms. The standard InChI is InChI=1S/C30H37F3/c1-3-4-21-8-14-24(15-9-21)27-18-17-25(29(32)30(27)33)16-10-22-6-12-23(13-7-22)26-11-5-20(2)28(31)19-26/h5,10-11,16-19,21-24H,3-4,6-9,12-15H2,1-2H3/b16-10+. The Labute approximate surface area is 197 Å². The molecule has 0 unspecified atom stereocenters. The highest BCUT2D eigenvalue weighted by atomic mass is 19.2. The van der Waals surface area contributed by atoms with E-state index in [4.69, 9.17) is 0 Å². The van der Waals surface area contributed by atoms with Crippen molar-refractivity contribution in [1.29, 1.82) is 0 Å². The van der Waals surface area contributed by atoms with Gasteiger partial charge in [0.05, 0.1) is 0 Å². The van der Waals surface area contributed by atoms with E-state index in [2.05, 4.69) is 6.92 Å². The van der Waals surface area contributed by atoms with E-state index in [1.165, 1.54) is 12.8 Å². The van der Waals surface area contributed by atoms with E-state index in [-0.39, 0.29) is 11.7 Å². The highest BCUT2D eigenvalue weighted by Crippen LogP contribution is 2.40. The van der Waals surface area contributed by atoms with E-state index < -0.39 is 11.6 Å². The molecule has 2 aliphatic carbocycles. The first-order valence-electron chi connectivity index (χ1n) is 12.9. The first-order chi connectivity index (χ1) is 16.0. The lowest BCUT2D eigenvalue weighted by Gasteiger charge is -2.29. The van der Waals surface area contributed by atoms with Gasteiger partial charge in [-0.3, -0.25) is 0 Å². The number of hydrogen-bond acceptors (Lipinski definition) is 0. The Balaban J connectivity index is 1.35. The summed E-state index contributed by atoms with van der Waals surface area (Å²) in [4.78, 5) is 0. The average Bonchev–Trinajstić information content (AvgIpc) is 2.83. The summed E-state index contributed by atoms with van der Waals surface area (Å²) >= 11 is 0. The normalized spacial score (nSPS) is 26.1. The minimum Gasteiger partial charge on any atom is -0.207 e. The third kappa shape index (κ3) is 5.73. The van der Waals surface area contributed by atoms with Crippen molar-refractivity contribution in [3.63, 3.8) is 0 Å². The summed E-state index contributed by atoms with van der Waals surface area (Å²) in [5.74, 6) is 0.140. The lowest BCUT2D eigenvalue weighted by Crippen LogP contribution is -2.15. The summed E-state index contributed by atoms with van der Waals surface area (Å²) in [5.41, 5.74) is 2.66. The van der Waals surface area contributed by atoms with Gasteiger partial charge in [0.15, 0.2) is 11.6 Å². The highest BCUT2D eigenvalue weighted by molar-refractivity contribution is 5.52. The van der Waals surface area contributed by atoms with Crippen LogP contribution in [0.25, 0.3) is 6.08 Å². The van der Waals surface area contributed by atoms with E-state index in [1.54, 1.807) is 25.1 Å². The van der Waals surface area contributed by atoms with E-state index in [1.807, 2.05) is 24.3 Å².